The van der Waals surface area contributed by atoms with Crippen molar-refractivity contribution in [2.45, 2.75) is 5.41 Å². The van der Waals surface area contributed by atoms with Crippen LogP contribution in [0, 0.1) is 0 Å². The van der Waals surface area contributed by atoms with Crippen LogP contribution < -0.4 is 4.90 Å². The van der Waals surface area contributed by atoms with Gasteiger partial charge in [-0.1, -0.05) is 200 Å². The maximum Gasteiger partial charge on any atom is 0.144 e. The van der Waals surface area contributed by atoms with E-state index in [-0.39, 0.29) is 0 Å². The largest absolute Gasteiger partial charge is 0.456 e. The first-order valence-electron chi connectivity index (χ1n) is 24.1. The molecular weight excluding hydrogens is 851 g/mol. The molecule has 3 nitrogen and oxygen atoms in total. The summed E-state index contributed by atoms with van der Waals surface area (Å²) in [5.41, 5.74) is 23.1. The Balaban J connectivity index is 0.999. The Bertz CT molecular complexity index is 4190. The van der Waals surface area contributed by atoms with Gasteiger partial charge >= 0.3 is 0 Å². The Morgan fingerprint density at radius 2 is 0.843 bits per heavy atom. The number of hydrogen-bond donors (Lipinski definition) is 0. The molecule has 1 spiro atoms. The van der Waals surface area contributed by atoms with Gasteiger partial charge in [0.05, 0.1) is 11.1 Å². The Morgan fingerprint density at radius 3 is 1.59 bits per heavy atom. The molecule has 70 heavy (non-hydrogen) atoms. The quantitative estimate of drug-likeness (QED) is 0.167. The summed E-state index contributed by atoms with van der Waals surface area (Å²) >= 11 is 0. The highest BCUT2D eigenvalue weighted by Crippen LogP contribution is 2.64. The summed E-state index contributed by atoms with van der Waals surface area (Å²) in [4.78, 5) is 2.38. The maximum absolute atomic E-state index is 7.29. The van der Waals surface area contributed by atoms with Gasteiger partial charge in [0, 0.05) is 44.0 Å². The van der Waals surface area contributed by atoms with Gasteiger partial charge in [-0.3, -0.25) is 0 Å². The predicted octanol–water partition coefficient (Wildman–Crippen LogP) is 18.3. The zero-order chi connectivity index (χ0) is 45.9. The average Bonchev–Trinajstić information content (AvgIpc) is 4.17. The third kappa shape index (κ3) is 5.40. The van der Waals surface area contributed by atoms with E-state index in [2.05, 4.69) is 254 Å². The van der Waals surface area contributed by atoms with Crippen LogP contribution in [0.4, 0.5) is 17.1 Å². The molecule has 3 heteroatoms. The summed E-state index contributed by atoms with van der Waals surface area (Å²) in [5.74, 6) is 0. The van der Waals surface area contributed by atoms with Gasteiger partial charge in [0.25, 0.3) is 0 Å². The second-order valence-electron chi connectivity index (χ2n) is 18.6. The number of hydrogen-bond acceptors (Lipinski definition) is 3. The topological polar surface area (TPSA) is 29.5 Å². The van der Waals surface area contributed by atoms with Crippen LogP contribution in [-0.4, -0.2) is 0 Å². The first kappa shape index (κ1) is 38.9. The fourth-order valence-corrected chi connectivity index (χ4v) is 12.2. The maximum atomic E-state index is 7.29. The SMILES string of the molecule is c1ccc(-c2ccc(N(c3ccc4oc5c(-c6cccc7c6-c6ccccc6C76c7ccccc7-c7ccccc76)c6c(cc5c4c3)oc3ccccc36)c3ccccc3-c3ccccc3)cc2)cc1. The number of rotatable bonds is 6. The normalized spacial score (nSPS) is 13.0. The summed E-state index contributed by atoms with van der Waals surface area (Å²) in [6.45, 7) is 0. The number of para-hydroxylation sites is 2. The summed E-state index contributed by atoms with van der Waals surface area (Å²) < 4.78 is 14.2. The molecule has 326 valence electrons. The second-order valence-corrected chi connectivity index (χ2v) is 18.6. The number of anilines is 3. The number of nitrogens with zero attached hydrogens (tertiary/aromatic N) is 1. The minimum absolute atomic E-state index is 0.484. The van der Waals surface area contributed by atoms with E-state index in [1.54, 1.807) is 0 Å². The van der Waals surface area contributed by atoms with Crippen LogP contribution in [0.2, 0.25) is 0 Å². The van der Waals surface area contributed by atoms with Gasteiger partial charge in [-0.2, -0.15) is 0 Å². The molecule has 0 amide bonds. The molecule has 0 bridgehead atoms. The van der Waals surface area contributed by atoms with Crippen molar-refractivity contribution < 1.29 is 8.83 Å². The molecule has 0 unspecified atom stereocenters. The van der Waals surface area contributed by atoms with Crippen LogP contribution >= 0.6 is 0 Å². The molecule has 15 rings (SSSR count). The third-order valence-electron chi connectivity index (χ3n) is 15.1. The van der Waals surface area contributed by atoms with Gasteiger partial charge in [-0.25, -0.2) is 0 Å². The van der Waals surface area contributed by atoms with Gasteiger partial charge in [-0.15, -0.1) is 0 Å². The summed E-state index contributed by atoms with van der Waals surface area (Å²) in [5, 5.41) is 4.14. The van der Waals surface area contributed by atoms with Crippen LogP contribution in [-0.2, 0) is 5.41 Å². The Labute approximate surface area is 404 Å². The highest BCUT2D eigenvalue weighted by atomic mass is 16.3. The molecule has 0 fully saturated rings. The monoisotopic (exact) mass is 891 g/mol. The Morgan fingerprint density at radius 1 is 0.300 bits per heavy atom. The molecule has 2 heterocycles. The number of benzene rings is 11. The Hall–Kier alpha value is -9.18. The molecule has 13 aromatic rings. The second kappa shape index (κ2) is 14.9. The fraction of sp³-hybridized carbons (Fsp3) is 0.0149. The number of furan rings is 2. The van der Waals surface area contributed by atoms with Crippen molar-refractivity contribution in [3.63, 3.8) is 0 Å². The van der Waals surface area contributed by atoms with Crippen LogP contribution in [0.5, 0.6) is 0 Å². The summed E-state index contributed by atoms with van der Waals surface area (Å²) in [7, 11) is 0. The lowest BCUT2D eigenvalue weighted by Gasteiger charge is -2.30. The molecule has 0 N–H and O–H groups in total. The molecular formula is C67H41NO2. The van der Waals surface area contributed by atoms with Crippen molar-refractivity contribution >= 4 is 60.9 Å². The molecule has 0 aliphatic heterocycles. The van der Waals surface area contributed by atoms with Crippen molar-refractivity contribution in [2.75, 3.05) is 4.90 Å². The lowest BCUT2D eigenvalue weighted by molar-refractivity contribution is 0.664. The predicted molar refractivity (Wildman–Crippen MR) is 288 cm³/mol. The first-order valence-corrected chi connectivity index (χ1v) is 24.1. The van der Waals surface area contributed by atoms with E-state index in [1.165, 1.54) is 55.6 Å². The van der Waals surface area contributed by atoms with Gasteiger partial charge in [0.2, 0.25) is 0 Å². The molecule has 2 aliphatic carbocycles. The van der Waals surface area contributed by atoms with Crippen LogP contribution in [0.1, 0.15) is 22.3 Å². The lowest BCUT2D eigenvalue weighted by atomic mass is 9.70. The van der Waals surface area contributed by atoms with E-state index >= 15 is 0 Å². The van der Waals surface area contributed by atoms with E-state index in [0.717, 1.165) is 83.2 Å². The van der Waals surface area contributed by atoms with Crippen molar-refractivity contribution in [3.8, 4) is 55.6 Å². The molecule has 11 aromatic carbocycles. The standard InChI is InChI=1S/C67H41NO2/c1-3-18-42(19-4-1)43-34-36-45(37-35-43)68(59-32-15-10-22-47(59)44-20-5-2-6-21-44)46-38-39-61-53(40-46)54-41-62-64(51-26-11-16-33-60(51)69-62)65(66(54)70-61)52-27-17-31-58-63(52)50-25-9-14-30-57(50)67(58)55-28-12-7-23-48(55)49-24-8-13-29-56(49)67/h1-41H. The zero-order valence-corrected chi connectivity index (χ0v) is 37.9. The van der Waals surface area contributed by atoms with Crippen LogP contribution in [0.3, 0.4) is 0 Å². The van der Waals surface area contributed by atoms with Gasteiger partial charge in [-0.05, 0) is 115 Å². The van der Waals surface area contributed by atoms with E-state index in [0.29, 0.717) is 0 Å². The molecule has 0 saturated heterocycles. The minimum atomic E-state index is -0.484. The highest BCUT2D eigenvalue weighted by molar-refractivity contribution is 6.25. The minimum Gasteiger partial charge on any atom is -0.456 e. The first-order chi connectivity index (χ1) is 34.7. The van der Waals surface area contributed by atoms with E-state index in [4.69, 9.17) is 8.83 Å². The fourth-order valence-electron chi connectivity index (χ4n) is 12.2. The van der Waals surface area contributed by atoms with Gasteiger partial charge in [0.1, 0.15) is 22.3 Å². The van der Waals surface area contributed by atoms with E-state index < -0.39 is 5.41 Å². The molecule has 0 radical (unpaired) electrons. The summed E-state index contributed by atoms with van der Waals surface area (Å²) in [6, 6.07) is 90.1. The number of fused-ring (bicyclic) bond motifs is 16. The lowest BCUT2D eigenvalue weighted by Crippen LogP contribution is -2.25. The van der Waals surface area contributed by atoms with Crippen molar-refractivity contribution in [1.82, 2.24) is 0 Å². The molecule has 2 aliphatic rings. The average molecular weight is 892 g/mol. The molecule has 0 saturated carbocycles. The van der Waals surface area contributed by atoms with Gasteiger partial charge < -0.3 is 13.7 Å². The highest BCUT2D eigenvalue weighted by Gasteiger charge is 2.52. The van der Waals surface area contributed by atoms with E-state index in [9.17, 15) is 0 Å². The zero-order valence-electron chi connectivity index (χ0n) is 37.9. The van der Waals surface area contributed by atoms with Crippen LogP contribution in [0.15, 0.2) is 258 Å². The van der Waals surface area contributed by atoms with E-state index in [1.807, 2.05) is 0 Å². The van der Waals surface area contributed by atoms with Crippen molar-refractivity contribution in [2.24, 2.45) is 0 Å². The Kier molecular flexibility index (Phi) is 8.28. The van der Waals surface area contributed by atoms with Crippen molar-refractivity contribution in [3.05, 3.63) is 271 Å². The molecule has 2 aromatic heterocycles. The summed E-state index contributed by atoms with van der Waals surface area (Å²) in [6.07, 6.45) is 0. The van der Waals surface area contributed by atoms with Crippen molar-refractivity contribution in [1.29, 1.82) is 0 Å². The molecule has 0 atom stereocenters. The smallest absolute Gasteiger partial charge is 0.144 e. The third-order valence-corrected chi connectivity index (χ3v) is 15.1. The van der Waals surface area contributed by atoms with Crippen LogP contribution in [0.25, 0.3) is 99.5 Å². The van der Waals surface area contributed by atoms with Gasteiger partial charge in [0.15, 0.2) is 0 Å².